The predicted octanol–water partition coefficient (Wildman–Crippen LogP) is 4.09. The first-order chi connectivity index (χ1) is 15.6. The third-order valence-corrected chi connectivity index (χ3v) is 4.92. The van der Waals surface area contributed by atoms with Gasteiger partial charge in [-0.15, -0.1) is 0 Å². The van der Waals surface area contributed by atoms with Gasteiger partial charge in [0.15, 0.2) is 5.82 Å². The van der Waals surface area contributed by atoms with Crippen LogP contribution in [0.4, 0.5) is 4.39 Å². The monoisotopic (exact) mass is 434 g/mol. The van der Waals surface area contributed by atoms with E-state index in [1.54, 1.807) is 42.5 Å². The first-order valence-electron chi connectivity index (χ1n) is 9.80. The Morgan fingerprint density at radius 2 is 2.03 bits per heavy atom. The normalized spacial score (nSPS) is 10.8. The highest BCUT2D eigenvalue weighted by Crippen LogP contribution is 2.33. The van der Waals surface area contributed by atoms with Crippen LogP contribution in [0.1, 0.15) is 16.8 Å². The molecular formula is C24H19FN2O5. The SMILES string of the molecule is O=CNCc1nccc(-c2cc(COc3ccccc3CC(=O)O)cc3ccoc23)c1F. The van der Waals surface area contributed by atoms with Crippen molar-refractivity contribution in [2.45, 2.75) is 19.6 Å². The van der Waals surface area contributed by atoms with Crippen LogP contribution in [0.3, 0.4) is 0 Å². The fraction of sp³-hybridized carbons (Fsp3) is 0.125. The van der Waals surface area contributed by atoms with Gasteiger partial charge in [0.05, 0.1) is 24.9 Å². The fourth-order valence-corrected chi connectivity index (χ4v) is 3.50. The first kappa shape index (κ1) is 21.0. The van der Waals surface area contributed by atoms with Gasteiger partial charge in [0.25, 0.3) is 0 Å². The number of amides is 1. The Hall–Kier alpha value is -4.20. The zero-order chi connectivity index (χ0) is 22.5. The van der Waals surface area contributed by atoms with Gasteiger partial charge in [-0.05, 0) is 35.9 Å². The molecule has 1 amide bonds. The minimum absolute atomic E-state index is 0.0341. The van der Waals surface area contributed by atoms with Crippen LogP contribution >= 0.6 is 0 Å². The van der Waals surface area contributed by atoms with Gasteiger partial charge in [-0.25, -0.2) is 4.39 Å². The van der Waals surface area contributed by atoms with Gasteiger partial charge in [-0.3, -0.25) is 14.6 Å². The van der Waals surface area contributed by atoms with E-state index >= 15 is 4.39 Å². The van der Waals surface area contributed by atoms with Crippen molar-refractivity contribution >= 4 is 23.3 Å². The summed E-state index contributed by atoms with van der Waals surface area (Å²) in [6.45, 7) is 0.116. The van der Waals surface area contributed by atoms with Crippen LogP contribution in [0.15, 0.2) is 65.4 Å². The smallest absolute Gasteiger partial charge is 0.307 e. The molecule has 2 heterocycles. The molecule has 32 heavy (non-hydrogen) atoms. The number of furan rings is 1. The average molecular weight is 434 g/mol. The standard InChI is InChI=1S/C24H19FN2O5/c25-23-18(5-7-27-20(23)12-26-14-28)19-10-15(9-17-6-8-31-24(17)19)13-32-21-4-2-1-3-16(21)11-22(29)30/h1-10,14H,11-13H2,(H,26,28)(H,29,30). The summed E-state index contributed by atoms with van der Waals surface area (Å²) >= 11 is 0. The third kappa shape index (κ3) is 4.44. The molecule has 7 nitrogen and oxygen atoms in total. The molecule has 2 aromatic carbocycles. The molecule has 0 bridgehead atoms. The number of hydrogen-bond donors (Lipinski definition) is 2. The van der Waals surface area contributed by atoms with E-state index in [0.29, 0.717) is 28.9 Å². The number of fused-ring (bicyclic) bond motifs is 1. The highest BCUT2D eigenvalue weighted by molar-refractivity contribution is 5.93. The van der Waals surface area contributed by atoms with Crippen molar-refractivity contribution in [2.75, 3.05) is 0 Å². The Bertz CT molecular complexity index is 1280. The molecule has 8 heteroatoms. The van der Waals surface area contributed by atoms with Crippen molar-refractivity contribution < 1.29 is 28.2 Å². The number of aliphatic carboxylic acids is 1. The van der Waals surface area contributed by atoms with Crippen LogP contribution in [0, 0.1) is 5.82 Å². The maximum absolute atomic E-state index is 15.1. The van der Waals surface area contributed by atoms with Crippen LogP contribution in [-0.4, -0.2) is 22.5 Å². The summed E-state index contributed by atoms with van der Waals surface area (Å²) in [5, 5.41) is 12.3. The molecule has 4 rings (SSSR count). The number of para-hydroxylation sites is 1. The van der Waals surface area contributed by atoms with Gasteiger partial charge in [0, 0.05) is 28.3 Å². The molecule has 0 aliphatic rings. The van der Waals surface area contributed by atoms with Crippen molar-refractivity contribution in [3.8, 4) is 16.9 Å². The number of carbonyl (C=O) groups is 2. The Labute approximate surface area is 182 Å². The second kappa shape index (κ2) is 9.30. The molecule has 4 aromatic rings. The van der Waals surface area contributed by atoms with Gasteiger partial charge in [-0.1, -0.05) is 18.2 Å². The van der Waals surface area contributed by atoms with Gasteiger partial charge < -0.3 is 19.6 Å². The number of benzene rings is 2. The zero-order valence-corrected chi connectivity index (χ0v) is 16.9. The van der Waals surface area contributed by atoms with Crippen LogP contribution < -0.4 is 10.1 Å². The second-order valence-electron chi connectivity index (χ2n) is 7.07. The average Bonchev–Trinajstić information content (AvgIpc) is 3.26. The number of nitrogens with one attached hydrogen (secondary N) is 1. The van der Waals surface area contributed by atoms with Gasteiger partial charge in [-0.2, -0.15) is 0 Å². The van der Waals surface area contributed by atoms with Gasteiger partial charge in [0.2, 0.25) is 6.41 Å². The van der Waals surface area contributed by atoms with Crippen molar-refractivity contribution in [3.63, 3.8) is 0 Å². The largest absolute Gasteiger partial charge is 0.489 e. The van der Waals surface area contributed by atoms with E-state index in [1.165, 1.54) is 12.5 Å². The zero-order valence-electron chi connectivity index (χ0n) is 16.9. The number of nitrogens with zero attached hydrogens (tertiary/aromatic N) is 1. The maximum atomic E-state index is 15.1. The summed E-state index contributed by atoms with van der Waals surface area (Å²) in [5.41, 5.74) is 2.76. The van der Waals surface area contributed by atoms with Crippen molar-refractivity contribution in [3.05, 3.63) is 83.6 Å². The summed E-state index contributed by atoms with van der Waals surface area (Å²) < 4.78 is 26.6. The Kier molecular flexibility index (Phi) is 6.12. The molecule has 0 spiro atoms. The minimum Gasteiger partial charge on any atom is -0.489 e. The van der Waals surface area contributed by atoms with E-state index < -0.39 is 11.8 Å². The van der Waals surface area contributed by atoms with Crippen molar-refractivity contribution in [1.29, 1.82) is 0 Å². The number of carboxylic acid groups (broad SMARTS) is 1. The van der Waals surface area contributed by atoms with Gasteiger partial charge in [0.1, 0.15) is 17.9 Å². The highest BCUT2D eigenvalue weighted by Gasteiger charge is 2.17. The summed E-state index contributed by atoms with van der Waals surface area (Å²) in [6.07, 6.45) is 3.33. The molecule has 0 fully saturated rings. The van der Waals surface area contributed by atoms with Gasteiger partial charge >= 0.3 is 5.97 Å². The molecule has 0 saturated carbocycles. The number of aromatic nitrogens is 1. The Morgan fingerprint density at radius 1 is 1.19 bits per heavy atom. The number of ether oxygens (including phenoxy) is 1. The molecule has 2 N–H and O–H groups in total. The van der Waals surface area contributed by atoms with E-state index in [2.05, 4.69) is 10.3 Å². The lowest BCUT2D eigenvalue weighted by atomic mass is 10.00. The number of hydrogen-bond acceptors (Lipinski definition) is 5. The van der Waals surface area contributed by atoms with Crippen LogP contribution in [0.5, 0.6) is 5.75 Å². The van der Waals surface area contributed by atoms with E-state index in [1.807, 2.05) is 6.07 Å². The minimum atomic E-state index is -0.948. The quantitative estimate of drug-likeness (QED) is 0.385. The topological polar surface area (TPSA) is 102 Å². The Balaban J connectivity index is 1.68. The third-order valence-electron chi connectivity index (χ3n) is 4.92. The highest BCUT2D eigenvalue weighted by atomic mass is 19.1. The number of rotatable bonds is 9. The van der Waals surface area contributed by atoms with Crippen molar-refractivity contribution in [2.24, 2.45) is 0 Å². The molecule has 0 radical (unpaired) electrons. The lowest BCUT2D eigenvalue weighted by molar-refractivity contribution is -0.136. The van der Waals surface area contributed by atoms with E-state index in [4.69, 9.17) is 14.3 Å². The van der Waals surface area contributed by atoms with E-state index in [-0.39, 0.29) is 30.8 Å². The summed E-state index contributed by atoms with van der Waals surface area (Å²) in [6, 6.07) is 13.9. The second-order valence-corrected chi connectivity index (χ2v) is 7.07. The van der Waals surface area contributed by atoms with Crippen LogP contribution in [0.2, 0.25) is 0 Å². The molecule has 0 aliphatic carbocycles. The summed E-state index contributed by atoms with van der Waals surface area (Å²) in [5.74, 6) is -1.03. The number of carbonyl (C=O) groups excluding carboxylic acids is 1. The van der Waals surface area contributed by atoms with E-state index in [0.717, 1.165) is 10.9 Å². The molecule has 0 atom stereocenters. The molecular weight excluding hydrogens is 415 g/mol. The Morgan fingerprint density at radius 3 is 2.84 bits per heavy atom. The fourth-order valence-electron chi connectivity index (χ4n) is 3.50. The lowest BCUT2D eigenvalue weighted by Gasteiger charge is -2.13. The molecule has 162 valence electrons. The predicted molar refractivity (Wildman–Crippen MR) is 114 cm³/mol. The molecule has 2 aromatic heterocycles. The number of pyridine rings is 1. The van der Waals surface area contributed by atoms with Crippen molar-refractivity contribution in [1.82, 2.24) is 10.3 Å². The molecule has 0 saturated heterocycles. The van der Waals surface area contributed by atoms with Crippen LogP contribution in [-0.2, 0) is 29.2 Å². The summed E-state index contributed by atoms with van der Waals surface area (Å²) in [4.78, 5) is 25.7. The summed E-state index contributed by atoms with van der Waals surface area (Å²) in [7, 11) is 0. The number of halogens is 1. The van der Waals surface area contributed by atoms with E-state index in [9.17, 15) is 9.59 Å². The maximum Gasteiger partial charge on any atom is 0.307 e. The molecule has 0 unspecified atom stereocenters. The van der Waals surface area contributed by atoms with Crippen LogP contribution in [0.25, 0.3) is 22.1 Å². The first-order valence-corrected chi connectivity index (χ1v) is 9.80. The number of carboxylic acids is 1. The lowest BCUT2D eigenvalue weighted by Crippen LogP contribution is -2.13. The molecule has 0 aliphatic heterocycles.